The molecule has 1 fully saturated rings. The molecule has 1 aliphatic heterocycles. The van der Waals surface area contributed by atoms with Crippen LogP contribution in [0.3, 0.4) is 0 Å². The molecule has 1 aliphatic rings. The van der Waals surface area contributed by atoms with E-state index in [1.54, 1.807) is 18.2 Å². The number of hydrogen-bond acceptors (Lipinski definition) is 6. The fraction of sp³-hybridized carbons (Fsp3) is 0.333. The molecule has 7 nitrogen and oxygen atoms in total. The third kappa shape index (κ3) is 4.76. The van der Waals surface area contributed by atoms with Gasteiger partial charge in [0.2, 0.25) is 10.0 Å². The zero-order valence-electron chi connectivity index (χ0n) is 19.2. The lowest BCUT2D eigenvalue weighted by Gasteiger charge is -2.34. The van der Waals surface area contributed by atoms with Gasteiger partial charge in [0.1, 0.15) is 10.6 Å². The lowest BCUT2D eigenvalue weighted by molar-refractivity contribution is 0.373. The van der Waals surface area contributed by atoms with Gasteiger partial charge in [-0.15, -0.1) is 10.2 Å². The van der Waals surface area contributed by atoms with Gasteiger partial charge >= 0.3 is 0 Å². The van der Waals surface area contributed by atoms with Crippen LogP contribution in [0, 0.1) is 20.8 Å². The van der Waals surface area contributed by atoms with Gasteiger partial charge in [0, 0.05) is 36.2 Å². The summed E-state index contributed by atoms with van der Waals surface area (Å²) in [5.41, 5.74) is 5.57. The summed E-state index contributed by atoms with van der Waals surface area (Å²) in [5.74, 6) is 1.08. The maximum atomic E-state index is 13.2. The number of hydrogen-bond donors (Lipinski definition) is 0. The van der Waals surface area contributed by atoms with Gasteiger partial charge in [-0.1, -0.05) is 22.0 Å². The highest BCUT2D eigenvalue weighted by molar-refractivity contribution is 9.10. The van der Waals surface area contributed by atoms with Crippen molar-refractivity contribution in [3.63, 3.8) is 0 Å². The van der Waals surface area contributed by atoms with Gasteiger partial charge in [0.15, 0.2) is 5.82 Å². The molecule has 0 bridgehead atoms. The van der Waals surface area contributed by atoms with E-state index < -0.39 is 10.0 Å². The Bertz CT molecular complexity index is 1270. The van der Waals surface area contributed by atoms with Crippen molar-refractivity contribution in [2.24, 2.45) is 0 Å². The van der Waals surface area contributed by atoms with Crippen molar-refractivity contribution in [1.29, 1.82) is 0 Å². The Morgan fingerprint density at radius 2 is 1.58 bits per heavy atom. The Hall–Kier alpha value is -2.49. The van der Waals surface area contributed by atoms with Crippen LogP contribution in [0.1, 0.15) is 16.7 Å². The Balaban J connectivity index is 1.48. The van der Waals surface area contributed by atoms with Crippen molar-refractivity contribution in [3.8, 4) is 17.0 Å². The van der Waals surface area contributed by atoms with Crippen molar-refractivity contribution in [2.75, 3.05) is 38.2 Å². The summed E-state index contributed by atoms with van der Waals surface area (Å²) in [6.45, 7) is 8.07. The predicted octanol–water partition coefficient (Wildman–Crippen LogP) is 4.35. The van der Waals surface area contributed by atoms with Gasteiger partial charge in [-0.05, 0) is 73.9 Å². The first-order valence-corrected chi connectivity index (χ1v) is 12.9. The van der Waals surface area contributed by atoms with Crippen LogP contribution in [0.4, 0.5) is 5.82 Å². The minimum atomic E-state index is -3.67. The standard InChI is InChI=1S/C24H27BrN4O3S/c1-16-13-18(3)20(14-17(16)2)21-6-8-24(27-26-21)28-9-11-29(12-10-28)33(30,31)23-15-19(25)5-7-22(23)32-4/h5-8,13-15H,9-12H2,1-4H3. The van der Waals surface area contributed by atoms with Gasteiger partial charge in [0.25, 0.3) is 0 Å². The van der Waals surface area contributed by atoms with E-state index in [9.17, 15) is 8.42 Å². The number of aromatic nitrogens is 2. The van der Waals surface area contributed by atoms with Crippen LogP contribution >= 0.6 is 15.9 Å². The number of benzene rings is 2. The molecule has 33 heavy (non-hydrogen) atoms. The number of sulfonamides is 1. The highest BCUT2D eigenvalue weighted by atomic mass is 79.9. The first kappa shape index (κ1) is 23.7. The molecule has 0 saturated carbocycles. The zero-order valence-corrected chi connectivity index (χ0v) is 21.6. The number of halogens is 1. The molecule has 0 spiro atoms. The fourth-order valence-corrected chi connectivity index (χ4v) is 6.14. The molecule has 0 amide bonds. The Labute approximate surface area is 203 Å². The third-order valence-corrected chi connectivity index (χ3v) is 8.49. The first-order chi connectivity index (χ1) is 15.7. The van der Waals surface area contributed by atoms with Gasteiger partial charge in [-0.3, -0.25) is 0 Å². The van der Waals surface area contributed by atoms with E-state index in [4.69, 9.17) is 4.74 Å². The van der Waals surface area contributed by atoms with Crippen LogP contribution in [0.15, 0.2) is 51.8 Å². The summed E-state index contributed by atoms with van der Waals surface area (Å²) in [4.78, 5) is 2.23. The SMILES string of the molecule is COc1ccc(Br)cc1S(=O)(=O)N1CCN(c2ccc(-c3cc(C)c(C)cc3C)nn2)CC1. The molecular weight excluding hydrogens is 504 g/mol. The molecule has 0 radical (unpaired) electrons. The summed E-state index contributed by atoms with van der Waals surface area (Å²) in [6, 6.07) is 13.3. The molecule has 174 valence electrons. The molecule has 2 aromatic carbocycles. The lowest BCUT2D eigenvalue weighted by atomic mass is 9.99. The van der Waals surface area contributed by atoms with Gasteiger partial charge < -0.3 is 9.64 Å². The van der Waals surface area contributed by atoms with Crippen molar-refractivity contribution in [1.82, 2.24) is 14.5 Å². The van der Waals surface area contributed by atoms with Crippen LogP contribution in [0.5, 0.6) is 5.75 Å². The third-order valence-electron chi connectivity index (χ3n) is 6.07. The molecule has 3 aromatic rings. The van der Waals surface area contributed by atoms with E-state index in [-0.39, 0.29) is 4.90 Å². The van der Waals surface area contributed by atoms with E-state index in [2.05, 4.69) is 63.9 Å². The van der Waals surface area contributed by atoms with E-state index in [0.717, 1.165) is 17.1 Å². The van der Waals surface area contributed by atoms with Crippen LogP contribution in [-0.2, 0) is 10.0 Å². The monoisotopic (exact) mass is 530 g/mol. The number of ether oxygens (including phenoxy) is 1. The second-order valence-electron chi connectivity index (χ2n) is 8.21. The van der Waals surface area contributed by atoms with E-state index in [1.807, 2.05) is 12.1 Å². The molecule has 0 N–H and O–H groups in total. The quantitative estimate of drug-likeness (QED) is 0.488. The summed E-state index contributed by atoms with van der Waals surface area (Å²) in [5, 5.41) is 8.90. The highest BCUT2D eigenvalue weighted by Gasteiger charge is 2.31. The Morgan fingerprint density at radius 3 is 2.21 bits per heavy atom. The van der Waals surface area contributed by atoms with Crippen molar-refractivity contribution in [2.45, 2.75) is 25.7 Å². The van der Waals surface area contributed by atoms with Crippen LogP contribution in [0.2, 0.25) is 0 Å². The number of aryl methyl sites for hydroxylation is 3. The van der Waals surface area contributed by atoms with E-state index >= 15 is 0 Å². The van der Waals surface area contributed by atoms with Crippen molar-refractivity contribution < 1.29 is 13.2 Å². The normalized spacial score (nSPS) is 15.0. The largest absolute Gasteiger partial charge is 0.495 e. The summed E-state index contributed by atoms with van der Waals surface area (Å²) < 4.78 is 33.9. The predicted molar refractivity (Wildman–Crippen MR) is 133 cm³/mol. The van der Waals surface area contributed by atoms with Gasteiger partial charge in [-0.25, -0.2) is 8.42 Å². The maximum absolute atomic E-state index is 13.2. The molecule has 1 saturated heterocycles. The average Bonchev–Trinajstić information content (AvgIpc) is 2.81. The number of piperazine rings is 1. The molecule has 0 aliphatic carbocycles. The van der Waals surface area contributed by atoms with Gasteiger partial charge in [0.05, 0.1) is 12.8 Å². The summed E-state index contributed by atoms with van der Waals surface area (Å²) in [7, 11) is -2.20. The molecule has 1 aromatic heterocycles. The first-order valence-electron chi connectivity index (χ1n) is 10.7. The maximum Gasteiger partial charge on any atom is 0.246 e. The van der Waals surface area contributed by atoms with E-state index in [1.165, 1.54) is 28.1 Å². The molecular formula is C24H27BrN4O3S. The second-order valence-corrected chi connectivity index (χ2v) is 11.0. The second kappa shape index (κ2) is 9.40. The molecule has 0 atom stereocenters. The fourth-order valence-electron chi connectivity index (χ4n) is 4.02. The number of anilines is 1. The molecule has 2 heterocycles. The number of methoxy groups -OCH3 is 1. The number of nitrogens with zero attached hydrogens (tertiary/aromatic N) is 4. The lowest BCUT2D eigenvalue weighted by Crippen LogP contribution is -2.49. The molecule has 0 unspecified atom stereocenters. The molecule has 9 heteroatoms. The number of rotatable bonds is 5. The Kier molecular flexibility index (Phi) is 6.74. The topological polar surface area (TPSA) is 75.6 Å². The zero-order chi connectivity index (χ0) is 23.8. The average molecular weight is 531 g/mol. The van der Waals surface area contributed by atoms with Crippen LogP contribution in [-0.4, -0.2) is 56.2 Å². The highest BCUT2D eigenvalue weighted by Crippen LogP contribution is 2.31. The van der Waals surface area contributed by atoms with E-state index in [0.29, 0.717) is 36.4 Å². The summed E-state index contributed by atoms with van der Waals surface area (Å²) in [6.07, 6.45) is 0. The Morgan fingerprint density at radius 1 is 0.879 bits per heavy atom. The van der Waals surface area contributed by atoms with Gasteiger partial charge in [-0.2, -0.15) is 4.31 Å². The van der Waals surface area contributed by atoms with Crippen molar-refractivity contribution >= 4 is 31.8 Å². The minimum Gasteiger partial charge on any atom is -0.495 e. The summed E-state index contributed by atoms with van der Waals surface area (Å²) >= 11 is 3.35. The molecule has 4 rings (SSSR count). The van der Waals surface area contributed by atoms with Crippen LogP contribution < -0.4 is 9.64 Å². The van der Waals surface area contributed by atoms with Crippen molar-refractivity contribution in [3.05, 3.63) is 63.6 Å². The smallest absolute Gasteiger partial charge is 0.246 e. The van der Waals surface area contributed by atoms with Crippen LogP contribution in [0.25, 0.3) is 11.3 Å². The minimum absolute atomic E-state index is 0.167.